The molecule has 1 aromatic heterocycles. The molecule has 0 aliphatic carbocycles. The fourth-order valence-electron chi connectivity index (χ4n) is 1.91. The SMILES string of the molecule is CN1N=C(SCc2ccc(Cl)cc2C#N)Sc2nnc(Cl)cc21. The molecule has 0 spiro atoms. The van der Waals surface area contributed by atoms with E-state index in [1.807, 2.05) is 13.1 Å². The number of anilines is 1. The molecule has 23 heavy (non-hydrogen) atoms. The smallest absolute Gasteiger partial charge is 0.157 e. The fourth-order valence-corrected chi connectivity index (χ4v) is 4.29. The summed E-state index contributed by atoms with van der Waals surface area (Å²) >= 11 is 14.7. The summed E-state index contributed by atoms with van der Waals surface area (Å²) in [6, 6.07) is 9.20. The van der Waals surface area contributed by atoms with Gasteiger partial charge in [-0.1, -0.05) is 41.0 Å². The topological polar surface area (TPSA) is 65.2 Å². The van der Waals surface area contributed by atoms with Crippen LogP contribution in [0.25, 0.3) is 0 Å². The summed E-state index contributed by atoms with van der Waals surface area (Å²) in [7, 11) is 1.83. The molecule has 1 aromatic carbocycles. The molecule has 3 rings (SSSR count). The lowest BCUT2D eigenvalue weighted by atomic mass is 10.1. The Morgan fingerprint density at radius 1 is 1.30 bits per heavy atom. The number of hydrogen-bond acceptors (Lipinski definition) is 7. The fraction of sp³-hybridized carbons (Fsp3) is 0.143. The van der Waals surface area contributed by atoms with E-state index in [1.54, 1.807) is 23.2 Å². The monoisotopic (exact) mass is 381 g/mol. The standard InChI is InChI=1S/C14H9Cl2N5S2/c1-21-11-5-12(16)18-19-13(11)23-14(20-21)22-7-8-2-3-10(15)4-9(8)6-17/h2-5H,7H2,1H3. The summed E-state index contributed by atoms with van der Waals surface area (Å²) in [6.07, 6.45) is 0. The van der Waals surface area contributed by atoms with Crippen molar-refractivity contribution in [1.82, 2.24) is 10.2 Å². The molecule has 0 saturated heterocycles. The maximum absolute atomic E-state index is 9.19. The van der Waals surface area contributed by atoms with Crippen LogP contribution in [0.2, 0.25) is 10.2 Å². The normalized spacial score (nSPS) is 13.3. The van der Waals surface area contributed by atoms with Gasteiger partial charge in [-0.05, 0) is 29.5 Å². The van der Waals surface area contributed by atoms with Crippen LogP contribution in [0, 0.1) is 11.3 Å². The minimum Gasteiger partial charge on any atom is -0.264 e. The third-order valence-corrected chi connectivity index (χ3v) is 5.57. The first kappa shape index (κ1) is 16.4. The van der Waals surface area contributed by atoms with Gasteiger partial charge in [0.1, 0.15) is 0 Å². The summed E-state index contributed by atoms with van der Waals surface area (Å²) in [5, 5.41) is 25.0. The predicted octanol–water partition coefficient (Wildman–Crippen LogP) is 4.40. The Hall–Kier alpha value is -1.46. The van der Waals surface area contributed by atoms with E-state index in [-0.39, 0.29) is 0 Å². The lowest BCUT2D eigenvalue weighted by molar-refractivity contribution is 0.884. The Labute approximate surface area is 151 Å². The van der Waals surface area contributed by atoms with Crippen molar-refractivity contribution in [1.29, 1.82) is 5.26 Å². The Morgan fingerprint density at radius 2 is 2.13 bits per heavy atom. The molecule has 0 bridgehead atoms. The zero-order valence-electron chi connectivity index (χ0n) is 11.8. The van der Waals surface area contributed by atoms with E-state index < -0.39 is 0 Å². The first-order valence-electron chi connectivity index (χ1n) is 6.41. The molecule has 2 aromatic rings. The van der Waals surface area contributed by atoms with Gasteiger partial charge in [0.2, 0.25) is 0 Å². The molecule has 0 saturated carbocycles. The van der Waals surface area contributed by atoms with Gasteiger partial charge in [0.05, 0.1) is 17.3 Å². The molecule has 1 aliphatic heterocycles. The van der Waals surface area contributed by atoms with Crippen LogP contribution in [0.1, 0.15) is 11.1 Å². The highest BCUT2D eigenvalue weighted by molar-refractivity contribution is 8.38. The highest BCUT2D eigenvalue weighted by Gasteiger charge is 2.20. The molecule has 0 fully saturated rings. The van der Waals surface area contributed by atoms with Gasteiger partial charge in [-0.15, -0.1) is 10.2 Å². The lowest BCUT2D eigenvalue weighted by Crippen LogP contribution is -2.17. The molecule has 116 valence electrons. The molecule has 2 heterocycles. The molecule has 0 N–H and O–H groups in total. The maximum atomic E-state index is 9.19. The number of halogens is 2. The molecule has 0 atom stereocenters. The van der Waals surface area contributed by atoms with Crippen LogP contribution in [0.3, 0.4) is 0 Å². The molecule has 1 aliphatic rings. The highest BCUT2D eigenvalue weighted by atomic mass is 35.5. The number of rotatable bonds is 2. The van der Waals surface area contributed by atoms with Crippen LogP contribution >= 0.6 is 46.7 Å². The van der Waals surface area contributed by atoms with Crippen molar-refractivity contribution < 1.29 is 0 Å². The number of nitriles is 1. The second kappa shape index (κ2) is 6.97. The van der Waals surface area contributed by atoms with Crippen molar-refractivity contribution in [2.75, 3.05) is 12.1 Å². The number of nitrogens with zero attached hydrogens (tertiary/aromatic N) is 5. The summed E-state index contributed by atoms with van der Waals surface area (Å²) in [5.74, 6) is 0.621. The molecule has 0 amide bonds. The second-order valence-corrected chi connectivity index (χ2v) is 7.57. The molecule has 0 radical (unpaired) electrons. The molecule has 5 nitrogen and oxygen atoms in total. The minimum atomic E-state index is 0.335. The average molecular weight is 382 g/mol. The Bertz CT molecular complexity index is 834. The van der Waals surface area contributed by atoms with Crippen LogP contribution in [0.5, 0.6) is 0 Å². The van der Waals surface area contributed by atoms with Gasteiger partial charge in [0.25, 0.3) is 0 Å². The van der Waals surface area contributed by atoms with Crippen molar-refractivity contribution in [3.8, 4) is 6.07 Å². The molecule has 9 heteroatoms. The molecular formula is C14H9Cl2N5S2. The highest BCUT2D eigenvalue weighted by Crippen LogP contribution is 2.38. The van der Waals surface area contributed by atoms with Crippen molar-refractivity contribution in [3.63, 3.8) is 0 Å². The summed E-state index contributed by atoms with van der Waals surface area (Å²) in [6.45, 7) is 0. The summed E-state index contributed by atoms with van der Waals surface area (Å²) in [4.78, 5) is 0. The zero-order chi connectivity index (χ0) is 16.4. The number of benzene rings is 1. The van der Waals surface area contributed by atoms with Crippen molar-refractivity contribution >= 4 is 56.8 Å². The van der Waals surface area contributed by atoms with Gasteiger partial charge < -0.3 is 0 Å². The van der Waals surface area contributed by atoms with Gasteiger partial charge >= 0.3 is 0 Å². The molecule has 0 unspecified atom stereocenters. The van der Waals surface area contributed by atoms with E-state index in [0.717, 1.165) is 20.7 Å². The third-order valence-electron chi connectivity index (χ3n) is 3.02. The van der Waals surface area contributed by atoms with Crippen LogP contribution in [0.4, 0.5) is 5.69 Å². The first-order valence-corrected chi connectivity index (χ1v) is 8.97. The van der Waals surface area contributed by atoms with Gasteiger partial charge in [-0.3, -0.25) is 5.01 Å². The number of thioether (sulfide) groups is 2. The van der Waals surface area contributed by atoms with Crippen molar-refractivity contribution in [3.05, 3.63) is 45.6 Å². The number of fused-ring (bicyclic) bond motifs is 1. The number of hydrogen-bond donors (Lipinski definition) is 0. The van der Waals surface area contributed by atoms with E-state index in [4.69, 9.17) is 23.2 Å². The lowest BCUT2D eigenvalue weighted by Gasteiger charge is -2.22. The van der Waals surface area contributed by atoms with E-state index in [2.05, 4.69) is 21.4 Å². The predicted molar refractivity (Wildman–Crippen MR) is 96.2 cm³/mol. The van der Waals surface area contributed by atoms with E-state index >= 15 is 0 Å². The largest absolute Gasteiger partial charge is 0.264 e. The summed E-state index contributed by atoms with van der Waals surface area (Å²) in [5.41, 5.74) is 2.32. The number of aromatic nitrogens is 2. The Kier molecular flexibility index (Phi) is 4.97. The van der Waals surface area contributed by atoms with Gasteiger partial charge in [0, 0.05) is 23.9 Å². The second-order valence-electron chi connectivity index (χ2n) is 4.55. The average Bonchev–Trinajstić information content (AvgIpc) is 2.54. The quantitative estimate of drug-likeness (QED) is 0.767. The van der Waals surface area contributed by atoms with Gasteiger partial charge in [-0.25, -0.2) is 0 Å². The molecular weight excluding hydrogens is 373 g/mol. The van der Waals surface area contributed by atoms with Crippen LogP contribution < -0.4 is 5.01 Å². The van der Waals surface area contributed by atoms with Crippen molar-refractivity contribution in [2.24, 2.45) is 5.10 Å². The zero-order valence-corrected chi connectivity index (χ0v) is 15.0. The van der Waals surface area contributed by atoms with E-state index in [0.29, 0.717) is 21.5 Å². The third kappa shape index (κ3) is 3.72. The van der Waals surface area contributed by atoms with Crippen LogP contribution in [-0.2, 0) is 5.75 Å². The van der Waals surface area contributed by atoms with E-state index in [1.165, 1.54) is 23.5 Å². The Morgan fingerprint density at radius 3 is 2.91 bits per heavy atom. The minimum absolute atomic E-state index is 0.335. The van der Waals surface area contributed by atoms with Crippen LogP contribution in [-0.4, -0.2) is 21.6 Å². The van der Waals surface area contributed by atoms with Crippen LogP contribution in [0.15, 0.2) is 34.4 Å². The maximum Gasteiger partial charge on any atom is 0.157 e. The van der Waals surface area contributed by atoms with Gasteiger partial charge in [0.15, 0.2) is 14.6 Å². The van der Waals surface area contributed by atoms with E-state index in [9.17, 15) is 5.26 Å². The number of hydrazone groups is 1. The Balaban J connectivity index is 1.76. The summed E-state index contributed by atoms with van der Waals surface area (Å²) < 4.78 is 0.829. The van der Waals surface area contributed by atoms with Crippen molar-refractivity contribution in [2.45, 2.75) is 10.8 Å². The van der Waals surface area contributed by atoms with Gasteiger partial charge in [-0.2, -0.15) is 10.4 Å². The first-order chi connectivity index (χ1) is 11.1.